The molecule has 6 nitrogen and oxygen atoms in total. The number of carboxylic acids is 1. The summed E-state index contributed by atoms with van der Waals surface area (Å²) in [6.45, 7) is 3.16. The van der Waals surface area contributed by atoms with E-state index in [-0.39, 0.29) is 24.7 Å². The Labute approximate surface area is 101 Å². The summed E-state index contributed by atoms with van der Waals surface area (Å²) in [6.07, 6.45) is 1.54. The zero-order valence-corrected chi connectivity index (χ0v) is 10.3. The van der Waals surface area contributed by atoms with Crippen molar-refractivity contribution in [2.75, 3.05) is 26.7 Å². The van der Waals surface area contributed by atoms with Crippen LogP contribution in [0.5, 0.6) is 0 Å². The van der Waals surface area contributed by atoms with Gasteiger partial charge in [0.05, 0.1) is 12.1 Å². The molecule has 0 aromatic heterocycles. The Hall–Kier alpha value is -1.14. The highest BCUT2D eigenvalue weighted by Gasteiger charge is 2.26. The van der Waals surface area contributed by atoms with Gasteiger partial charge in [0.25, 0.3) is 0 Å². The summed E-state index contributed by atoms with van der Waals surface area (Å²) < 4.78 is 5.23. The van der Waals surface area contributed by atoms with Gasteiger partial charge in [-0.3, -0.25) is 9.69 Å². The molecule has 0 saturated carbocycles. The molecule has 1 aliphatic rings. The summed E-state index contributed by atoms with van der Waals surface area (Å²) in [6, 6.07) is -0.138. The van der Waals surface area contributed by atoms with E-state index in [1.165, 1.54) is 0 Å². The van der Waals surface area contributed by atoms with E-state index in [0.29, 0.717) is 0 Å². The number of rotatable bonds is 5. The monoisotopic (exact) mass is 244 g/mol. The molecule has 1 fully saturated rings. The van der Waals surface area contributed by atoms with Crippen LogP contribution in [0.3, 0.4) is 0 Å². The first kappa shape index (κ1) is 13.9. The van der Waals surface area contributed by atoms with Crippen molar-refractivity contribution in [2.24, 2.45) is 0 Å². The fraction of sp³-hybridized carbons (Fsp3) is 0.818. The molecule has 0 aromatic rings. The standard InChI is InChI=1S/C11H20N2O4/c1-8(11(16)12-2)13-5-3-9(4-6-13)17-7-10(14)15/h8-9H,3-7H2,1-2H3,(H,12,16)(H,14,15). The van der Waals surface area contributed by atoms with Gasteiger partial charge in [0.15, 0.2) is 0 Å². The fourth-order valence-corrected chi connectivity index (χ4v) is 1.99. The molecule has 1 saturated heterocycles. The van der Waals surface area contributed by atoms with Crippen molar-refractivity contribution >= 4 is 11.9 Å². The molecular formula is C11H20N2O4. The molecule has 6 heteroatoms. The molecule has 1 aliphatic heterocycles. The Balaban J connectivity index is 2.30. The molecular weight excluding hydrogens is 224 g/mol. The Morgan fingerprint density at radius 3 is 2.53 bits per heavy atom. The van der Waals surface area contributed by atoms with Crippen LogP contribution in [0.2, 0.25) is 0 Å². The summed E-state index contributed by atoms with van der Waals surface area (Å²) in [5, 5.41) is 11.1. The third-order valence-corrected chi connectivity index (χ3v) is 3.09. The van der Waals surface area contributed by atoms with E-state index in [4.69, 9.17) is 9.84 Å². The van der Waals surface area contributed by atoms with Crippen LogP contribution in [0.1, 0.15) is 19.8 Å². The van der Waals surface area contributed by atoms with Crippen molar-refractivity contribution in [1.29, 1.82) is 0 Å². The summed E-state index contributed by atoms with van der Waals surface area (Å²) in [5.74, 6) is -0.930. The van der Waals surface area contributed by atoms with E-state index < -0.39 is 5.97 Å². The Morgan fingerprint density at radius 1 is 1.47 bits per heavy atom. The summed E-state index contributed by atoms with van der Waals surface area (Å²) >= 11 is 0. The van der Waals surface area contributed by atoms with Gasteiger partial charge in [-0.1, -0.05) is 0 Å². The number of nitrogens with one attached hydrogen (secondary N) is 1. The second kappa shape index (κ2) is 6.56. The quantitative estimate of drug-likeness (QED) is 0.693. The molecule has 0 radical (unpaired) electrons. The minimum Gasteiger partial charge on any atom is -0.480 e. The molecule has 0 aromatic carbocycles. The van der Waals surface area contributed by atoms with E-state index in [2.05, 4.69) is 10.2 Å². The van der Waals surface area contributed by atoms with Crippen molar-refractivity contribution in [2.45, 2.75) is 31.9 Å². The first-order valence-corrected chi connectivity index (χ1v) is 5.83. The second-order valence-electron chi connectivity index (χ2n) is 4.23. The third-order valence-electron chi connectivity index (χ3n) is 3.09. The van der Waals surface area contributed by atoms with Crippen LogP contribution >= 0.6 is 0 Å². The number of ether oxygens (including phenoxy) is 1. The number of carbonyl (C=O) groups is 2. The maximum absolute atomic E-state index is 11.4. The van der Waals surface area contributed by atoms with Crippen LogP contribution in [0, 0.1) is 0 Å². The first-order valence-electron chi connectivity index (χ1n) is 5.83. The maximum atomic E-state index is 11.4. The average Bonchev–Trinajstić information content (AvgIpc) is 2.35. The topological polar surface area (TPSA) is 78.9 Å². The molecule has 0 spiro atoms. The highest BCUT2D eigenvalue weighted by Crippen LogP contribution is 2.15. The number of hydrogen-bond acceptors (Lipinski definition) is 4. The van der Waals surface area contributed by atoms with Gasteiger partial charge in [0, 0.05) is 20.1 Å². The molecule has 1 unspecified atom stereocenters. The normalized spacial score (nSPS) is 19.9. The number of nitrogens with zero attached hydrogens (tertiary/aromatic N) is 1. The van der Waals surface area contributed by atoms with Gasteiger partial charge in [0.2, 0.25) is 5.91 Å². The van der Waals surface area contributed by atoms with Crippen LogP contribution in [0.4, 0.5) is 0 Å². The SMILES string of the molecule is CNC(=O)C(C)N1CCC(OCC(=O)O)CC1. The van der Waals surface area contributed by atoms with Gasteiger partial charge in [0.1, 0.15) is 6.61 Å². The lowest BCUT2D eigenvalue weighted by Crippen LogP contribution is -2.48. The Kier molecular flexibility index (Phi) is 5.37. The Morgan fingerprint density at radius 2 is 2.06 bits per heavy atom. The molecule has 98 valence electrons. The lowest BCUT2D eigenvalue weighted by atomic mass is 10.1. The molecule has 0 aliphatic carbocycles. The van der Waals surface area contributed by atoms with Crippen LogP contribution in [0.25, 0.3) is 0 Å². The summed E-state index contributed by atoms with van der Waals surface area (Å²) in [5.41, 5.74) is 0. The van der Waals surface area contributed by atoms with Gasteiger partial charge >= 0.3 is 5.97 Å². The minimum absolute atomic E-state index is 0.000706. The smallest absolute Gasteiger partial charge is 0.329 e. The molecule has 0 bridgehead atoms. The number of likely N-dealkylation sites (N-methyl/N-ethyl adjacent to an activating group) is 1. The largest absolute Gasteiger partial charge is 0.480 e. The maximum Gasteiger partial charge on any atom is 0.329 e. The number of hydrogen-bond donors (Lipinski definition) is 2. The molecule has 1 atom stereocenters. The zero-order chi connectivity index (χ0) is 12.8. The van der Waals surface area contributed by atoms with Crippen molar-refractivity contribution in [3.8, 4) is 0 Å². The van der Waals surface area contributed by atoms with E-state index in [0.717, 1.165) is 25.9 Å². The van der Waals surface area contributed by atoms with Crippen LogP contribution in [0.15, 0.2) is 0 Å². The number of likely N-dealkylation sites (tertiary alicyclic amines) is 1. The number of amides is 1. The zero-order valence-electron chi connectivity index (χ0n) is 10.3. The van der Waals surface area contributed by atoms with Crippen LogP contribution < -0.4 is 5.32 Å². The van der Waals surface area contributed by atoms with Gasteiger partial charge < -0.3 is 15.2 Å². The molecule has 17 heavy (non-hydrogen) atoms. The van der Waals surface area contributed by atoms with Crippen molar-refractivity contribution in [3.63, 3.8) is 0 Å². The van der Waals surface area contributed by atoms with E-state index in [1.54, 1.807) is 7.05 Å². The van der Waals surface area contributed by atoms with E-state index in [9.17, 15) is 9.59 Å². The van der Waals surface area contributed by atoms with Gasteiger partial charge in [-0.15, -0.1) is 0 Å². The first-order chi connectivity index (χ1) is 8.04. The summed E-state index contributed by atoms with van der Waals surface area (Å²) in [7, 11) is 1.63. The minimum atomic E-state index is -0.939. The third kappa shape index (κ3) is 4.32. The van der Waals surface area contributed by atoms with E-state index in [1.807, 2.05) is 6.92 Å². The van der Waals surface area contributed by atoms with Crippen molar-refractivity contribution < 1.29 is 19.4 Å². The molecule has 1 heterocycles. The van der Waals surface area contributed by atoms with Gasteiger partial charge in [-0.05, 0) is 19.8 Å². The summed E-state index contributed by atoms with van der Waals surface area (Å²) in [4.78, 5) is 23.9. The number of aliphatic carboxylic acids is 1. The number of piperidine rings is 1. The number of carboxylic acid groups (broad SMARTS) is 1. The predicted molar refractivity (Wildman–Crippen MR) is 61.7 cm³/mol. The molecule has 2 N–H and O–H groups in total. The van der Waals surface area contributed by atoms with Crippen LogP contribution in [-0.4, -0.2) is 60.8 Å². The highest BCUT2D eigenvalue weighted by molar-refractivity contribution is 5.80. The molecule has 1 rings (SSSR count). The van der Waals surface area contributed by atoms with Gasteiger partial charge in [-0.2, -0.15) is 0 Å². The lowest BCUT2D eigenvalue weighted by Gasteiger charge is -2.34. The highest BCUT2D eigenvalue weighted by atomic mass is 16.5. The van der Waals surface area contributed by atoms with E-state index >= 15 is 0 Å². The Bertz CT molecular complexity index is 275. The van der Waals surface area contributed by atoms with Crippen molar-refractivity contribution in [3.05, 3.63) is 0 Å². The lowest BCUT2D eigenvalue weighted by molar-refractivity contribution is -0.145. The second-order valence-corrected chi connectivity index (χ2v) is 4.23. The van der Waals surface area contributed by atoms with Crippen molar-refractivity contribution in [1.82, 2.24) is 10.2 Å². The number of carbonyl (C=O) groups excluding carboxylic acids is 1. The average molecular weight is 244 g/mol. The van der Waals surface area contributed by atoms with Gasteiger partial charge in [-0.25, -0.2) is 4.79 Å². The predicted octanol–water partition coefficient (Wildman–Crippen LogP) is -0.313. The fourth-order valence-electron chi connectivity index (χ4n) is 1.99. The van der Waals surface area contributed by atoms with Crippen LogP contribution in [-0.2, 0) is 14.3 Å². The molecule has 1 amide bonds.